The average molecular weight is 229 g/mol. The summed E-state index contributed by atoms with van der Waals surface area (Å²) in [6.45, 7) is 3.64. The van der Waals surface area contributed by atoms with Crippen LogP contribution in [0.4, 0.5) is 0 Å². The first kappa shape index (κ1) is 12.4. The van der Waals surface area contributed by atoms with Crippen molar-refractivity contribution in [2.45, 2.75) is 19.9 Å². The predicted molar refractivity (Wildman–Crippen MR) is 54.5 cm³/mol. The van der Waals surface area contributed by atoms with E-state index in [9.17, 15) is 9.36 Å². The third kappa shape index (κ3) is 8.46. The number of carbonyl (C=O) groups is 1. The van der Waals surface area contributed by atoms with Crippen molar-refractivity contribution in [3.8, 4) is 0 Å². The molecule has 1 amide bonds. The molecule has 0 aromatic carbocycles. The molecule has 0 aliphatic carbocycles. The molecule has 12 heavy (non-hydrogen) atoms. The molecule has 1 atom stereocenters. The van der Waals surface area contributed by atoms with Gasteiger partial charge in [0, 0.05) is 6.04 Å². The van der Waals surface area contributed by atoms with Crippen molar-refractivity contribution in [2.75, 3.05) is 5.75 Å². The molecule has 1 unspecified atom stereocenters. The van der Waals surface area contributed by atoms with Crippen molar-refractivity contribution in [3.05, 3.63) is 0 Å². The lowest BCUT2D eigenvalue weighted by Crippen LogP contribution is -2.31. The van der Waals surface area contributed by atoms with Crippen LogP contribution < -0.4 is 5.32 Å². The Morgan fingerprint density at radius 3 is 2.58 bits per heavy atom. The Labute approximate surface area is 80.9 Å². The van der Waals surface area contributed by atoms with Crippen LogP contribution in [0.15, 0.2) is 0 Å². The van der Waals surface area contributed by atoms with Gasteiger partial charge in [0.05, 0.1) is 5.75 Å². The van der Waals surface area contributed by atoms with E-state index in [1.807, 2.05) is 13.8 Å². The largest absolute Gasteiger partial charge is 0.353 e. The molecule has 0 saturated carbocycles. The molecule has 0 rings (SSSR count). The maximum Gasteiger partial charge on any atom is 0.308 e. The zero-order valence-corrected chi connectivity index (χ0v) is 9.46. The van der Waals surface area contributed by atoms with Gasteiger partial charge in [0.2, 0.25) is 5.91 Å². The highest BCUT2D eigenvalue weighted by Gasteiger charge is 2.14. The molecule has 0 radical (unpaired) electrons. The number of nitrogens with one attached hydrogen (secondary N) is 1. The zero-order chi connectivity index (χ0) is 9.78. The minimum absolute atomic E-state index is 0.0323. The standard InChI is InChI=1S/C5H12NO3PS2/c1-4(2)6-5(7)3-12-10(8,9)11/h4H,3H2,1-2H3,(H,6,7)(H2,8,9,11). The Bertz CT molecular complexity index is 203. The molecular formula is C5H12NO3PS2. The molecule has 0 fully saturated rings. The molecule has 0 aromatic heterocycles. The molecule has 72 valence electrons. The Balaban J connectivity index is 3.66. The molecule has 0 aliphatic rings. The summed E-state index contributed by atoms with van der Waals surface area (Å²) in [5.74, 6) is -3.70. The minimum atomic E-state index is -3.41. The third-order valence-electron chi connectivity index (χ3n) is 0.813. The number of carbonyl (C=O) groups excluding carboxylic acids is 1. The van der Waals surface area contributed by atoms with Crippen LogP contribution in [0.5, 0.6) is 0 Å². The van der Waals surface area contributed by atoms with Crippen molar-refractivity contribution < 1.29 is 14.3 Å². The summed E-state index contributed by atoms with van der Waals surface area (Å²) >= 11 is 4.06. The molecule has 7 heteroatoms. The second kappa shape index (κ2) is 5.17. The van der Waals surface area contributed by atoms with Crippen LogP contribution in [0, 0.1) is 0 Å². The fourth-order valence-corrected chi connectivity index (χ4v) is 2.25. The van der Waals surface area contributed by atoms with Gasteiger partial charge >= 0.3 is 5.77 Å². The second-order valence-corrected chi connectivity index (χ2v) is 8.71. The van der Waals surface area contributed by atoms with Gasteiger partial charge in [-0.05, 0) is 25.2 Å². The van der Waals surface area contributed by atoms with Crippen LogP contribution in [0.3, 0.4) is 0 Å². The van der Waals surface area contributed by atoms with E-state index in [1.165, 1.54) is 0 Å². The van der Waals surface area contributed by atoms with Crippen LogP contribution in [-0.4, -0.2) is 22.6 Å². The van der Waals surface area contributed by atoms with Gasteiger partial charge in [0.15, 0.2) is 0 Å². The van der Waals surface area contributed by atoms with Gasteiger partial charge in [0.25, 0.3) is 0 Å². The molecule has 0 aromatic rings. The van der Waals surface area contributed by atoms with Crippen molar-refractivity contribution in [1.82, 2.24) is 5.32 Å². The van der Waals surface area contributed by atoms with Gasteiger partial charge in [0.1, 0.15) is 0 Å². The number of hydrogen-bond donors (Lipinski definition) is 3. The third-order valence-corrected chi connectivity index (χ3v) is 3.98. The van der Waals surface area contributed by atoms with E-state index in [0.717, 1.165) is 0 Å². The SMILES string of the molecule is CC(C)NC(=O)CSP(=O)(O)S. The van der Waals surface area contributed by atoms with E-state index in [2.05, 4.69) is 17.6 Å². The maximum atomic E-state index is 10.9. The van der Waals surface area contributed by atoms with Gasteiger partial charge < -0.3 is 10.2 Å². The van der Waals surface area contributed by atoms with E-state index in [-0.39, 0.29) is 17.7 Å². The highest BCUT2D eigenvalue weighted by Crippen LogP contribution is 2.58. The summed E-state index contributed by atoms with van der Waals surface area (Å²) in [6.07, 6.45) is 0. The lowest BCUT2D eigenvalue weighted by atomic mass is 10.4. The summed E-state index contributed by atoms with van der Waals surface area (Å²) in [4.78, 5) is 19.6. The zero-order valence-electron chi connectivity index (χ0n) is 6.85. The summed E-state index contributed by atoms with van der Waals surface area (Å²) in [5, 5.41) is 2.59. The van der Waals surface area contributed by atoms with Gasteiger partial charge in [-0.3, -0.25) is 9.36 Å². The van der Waals surface area contributed by atoms with E-state index in [0.29, 0.717) is 11.4 Å². The Morgan fingerprint density at radius 1 is 1.75 bits per heavy atom. The molecular weight excluding hydrogens is 217 g/mol. The summed E-state index contributed by atoms with van der Waals surface area (Å²) < 4.78 is 10.6. The fourth-order valence-electron chi connectivity index (χ4n) is 0.506. The smallest absolute Gasteiger partial charge is 0.308 e. The predicted octanol–water partition coefficient (Wildman–Crippen LogP) is 1.27. The van der Waals surface area contributed by atoms with Crippen LogP contribution >= 0.6 is 29.4 Å². The second-order valence-electron chi connectivity index (χ2n) is 2.49. The number of thiol groups is 1. The molecule has 0 heterocycles. The lowest BCUT2D eigenvalue weighted by molar-refractivity contribution is -0.119. The van der Waals surface area contributed by atoms with Crippen LogP contribution in [-0.2, 0) is 9.36 Å². The molecule has 4 nitrogen and oxygen atoms in total. The fraction of sp³-hybridized carbons (Fsp3) is 0.800. The van der Waals surface area contributed by atoms with E-state index < -0.39 is 5.77 Å². The first-order valence-corrected chi connectivity index (χ1v) is 7.71. The maximum absolute atomic E-state index is 10.9. The molecule has 2 N–H and O–H groups in total. The highest BCUT2D eigenvalue weighted by atomic mass is 33.1. The first-order chi connectivity index (χ1) is 5.31. The van der Waals surface area contributed by atoms with Crippen molar-refractivity contribution >= 4 is 35.3 Å². The van der Waals surface area contributed by atoms with Gasteiger partial charge in [-0.25, -0.2) is 0 Å². The monoisotopic (exact) mass is 229 g/mol. The van der Waals surface area contributed by atoms with Gasteiger partial charge in [-0.1, -0.05) is 12.2 Å². The Morgan fingerprint density at radius 2 is 2.25 bits per heavy atom. The van der Waals surface area contributed by atoms with Crippen molar-refractivity contribution in [2.24, 2.45) is 0 Å². The molecule has 0 spiro atoms. The van der Waals surface area contributed by atoms with Gasteiger partial charge in [-0.2, -0.15) is 0 Å². The number of rotatable bonds is 4. The number of hydrogen-bond acceptors (Lipinski definition) is 3. The summed E-state index contributed by atoms with van der Waals surface area (Å²) in [6, 6.07) is 0.0519. The quantitative estimate of drug-likeness (QED) is 0.502. The van der Waals surface area contributed by atoms with Crippen LogP contribution in [0.1, 0.15) is 13.8 Å². The average Bonchev–Trinajstić information content (AvgIpc) is 1.80. The molecule has 0 aliphatic heterocycles. The number of amides is 1. The van der Waals surface area contributed by atoms with Crippen LogP contribution in [0.2, 0.25) is 0 Å². The van der Waals surface area contributed by atoms with Crippen molar-refractivity contribution in [1.29, 1.82) is 0 Å². The van der Waals surface area contributed by atoms with Gasteiger partial charge in [-0.15, -0.1) is 0 Å². The highest BCUT2D eigenvalue weighted by molar-refractivity contribution is 8.84. The Hall–Kier alpha value is 0.360. The molecule has 0 bridgehead atoms. The lowest BCUT2D eigenvalue weighted by Gasteiger charge is -2.08. The summed E-state index contributed by atoms with van der Waals surface area (Å²) in [5.41, 5.74) is 0. The summed E-state index contributed by atoms with van der Waals surface area (Å²) in [7, 11) is 0. The van der Waals surface area contributed by atoms with Crippen molar-refractivity contribution in [3.63, 3.8) is 0 Å². The van der Waals surface area contributed by atoms with Crippen LogP contribution in [0.25, 0.3) is 0 Å². The topological polar surface area (TPSA) is 66.4 Å². The Kier molecular flexibility index (Phi) is 5.32. The first-order valence-electron chi connectivity index (χ1n) is 3.30. The van der Waals surface area contributed by atoms with E-state index >= 15 is 0 Å². The van der Waals surface area contributed by atoms with E-state index in [1.54, 1.807) is 0 Å². The van der Waals surface area contributed by atoms with E-state index in [4.69, 9.17) is 4.89 Å². The minimum Gasteiger partial charge on any atom is -0.353 e. The normalized spacial score (nSPS) is 15.8. The molecule has 0 saturated heterocycles.